The fourth-order valence-electron chi connectivity index (χ4n) is 0.696. The number of rotatable bonds is 2. The van der Waals surface area contributed by atoms with Gasteiger partial charge in [0.2, 0.25) is 0 Å². The van der Waals surface area contributed by atoms with Gasteiger partial charge in [-0.05, 0) is 6.08 Å². The summed E-state index contributed by atoms with van der Waals surface area (Å²) in [6, 6.07) is 0. The van der Waals surface area contributed by atoms with E-state index in [1.807, 2.05) is 17.8 Å². The Morgan fingerprint density at radius 1 is 1.80 bits per heavy atom. The third kappa shape index (κ3) is 1.45. The first kappa shape index (κ1) is 7.02. The summed E-state index contributed by atoms with van der Waals surface area (Å²) in [5.41, 5.74) is 0. The standard InChI is InChI=1S/C7H10N2O/c1-9-5-4-8-7(9)3-2-6-10/h2-5,10H,6H2,1H3. The van der Waals surface area contributed by atoms with Crippen molar-refractivity contribution in [3.63, 3.8) is 0 Å². The third-order valence-electron chi connectivity index (χ3n) is 1.23. The fourth-order valence-corrected chi connectivity index (χ4v) is 0.696. The van der Waals surface area contributed by atoms with Crippen molar-refractivity contribution < 1.29 is 5.11 Å². The maximum atomic E-state index is 8.43. The molecule has 0 saturated heterocycles. The van der Waals surface area contributed by atoms with Crippen LogP contribution in [0.2, 0.25) is 0 Å². The fraction of sp³-hybridized carbons (Fsp3) is 0.286. The highest BCUT2D eigenvalue weighted by molar-refractivity contribution is 5.39. The average molecular weight is 138 g/mol. The number of aromatic nitrogens is 2. The van der Waals surface area contributed by atoms with Gasteiger partial charge in [0.05, 0.1) is 6.61 Å². The predicted molar refractivity (Wildman–Crippen MR) is 39.3 cm³/mol. The molecule has 0 aromatic carbocycles. The molecule has 10 heavy (non-hydrogen) atoms. The Morgan fingerprint density at radius 3 is 3.10 bits per heavy atom. The quantitative estimate of drug-likeness (QED) is 0.643. The van der Waals surface area contributed by atoms with Crippen molar-refractivity contribution >= 4 is 6.08 Å². The van der Waals surface area contributed by atoms with E-state index in [1.54, 1.807) is 18.3 Å². The van der Waals surface area contributed by atoms with Gasteiger partial charge in [0.1, 0.15) is 5.82 Å². The van der Waals surface area contributed by atoms with Crippen molar-refractivity contribution in [2.24, 2.45) is 7.05 Å². The van der Waals surface area contributed by atoms with Crippen LogP contribution in [0.4, 0.5) is 0 Å². The molecular formula is C7H10N2O. The lowest BCUT2D eigenvalue weighted by atomic mass is 10.5. The molecule has 0 unspecified atom stereocenters. The van der Waals surface area contributed by atoms with Crippen LogP contribution in [0.1, 0.15) is 5.82 Å². The topological polar surface area (TPSA) is 38.0 Å². The van der Waals surface area contributed by atoms with Crippen LogP contribution >= 0.6 is 0 Å². The molecule has 0 aliphatic rings. The van der Waals surface area contributed by atoms with Crippen molar-refractivity contribution in [3.8, 4) is 0 Å². The van der Waals surface area contributed by atoms with Gasteiger partial charge in [0, 0.05) is 19.4 Å². The molecule has 1 aromatic heterocycles. The minimum Gasteiger partial charge on any atom is -0.392 e. The first-order valence-corrected chi connectivity index (χ1v) is 3.09. The van der Waals surface area contributed by atoms with Crippen molar-refractivity contribution in [2.45, 2.75) is 0 Å². The summed E-state index contributed by atoms with van der Waals surface area (Å²) in [7, 11) is 1.91. The molecule has 1 heterocycles. The van der Waals surface area contributed by atoms with Crippen molar-refractivity contribution in [1.29, 1.82) is 0 Å². The van der Waals surface area contributed by atoms with Gasteiger partial charge in [-0.3, -0.25) is 0 Å². The molecule has 0 fully saturated rings. The highest BCUT2D eigenvalue weighted by Gasteiger charge is 1.89. The van der Waals surface area contributed by atoms with E-state index in [9.17, 15) is 0 Å². The Kier molecular flexibility index (Phi) is 2.23. The summed E-state index contributed by atoms with van der Waals surface area (Å²) in [6.07, 6.45) is 7.01. The van der Waals surface area contributed by atoms with Crippen LogP contribution in [0.25, 0.3) is 6.08 Å². The van der Waals surface area contributed by atoms with Gasteiger partial charge in [0.15, 0.2) is 0 Å². The highest BCUT2D eigenvalue weighted by Crippen LogP contribution is 1.95. The second kappa shape index (κ2) is 3.17. The molecule has 0 aliphatic carbocycles. The smallest absolute Gasteiger partial charge is 0.132 e. The first-order chi connectivity index (χ1) is 4.84. The molecular weight excluding hydrogens is 128 g/mol. The van der Waals surface area contributed by atoms with Gasteiger partial charge < -0.3 is 9.67 Å². The van der Waals surface area contributed by atoms with Crippen LogP contribution in [-0.2, 0) is 7.05 Å². The number of hydrogen-bond donors (Lipinski definition) is 1. The van der Waals surface area contributed by atoms with Gasteiger partial charge in [-0.2, -0.15) is 0 Å². The van der Waals surface area contributed by atoms with E-state index in [2.05, 4.69) is 4.98 Å². The average Bonchev–Trinajstić information content (AvgIpc) is 2.31. The van der Waals surface area contributed by atoms with Crippen LogP contribution in [0.15, 0.2) is 18.5 Å². The number of nitrogens with zero attached hydrogens (tertiary/aromatic N) is 2. The summed E-state index contributed by atoms with van der Waals surface area (Å²) >= 11 is 0. The van der Waals surface area contributed by atoms with Crippen LogP contribution in [0.5, 0.6) is 0 Å². The van der Waals surface area contributed by atoms with Crippen LogP contribution < -0.4 is 0 Å². The minimum atomic E-state index is 0.0624. The van der Waals surface area contributed by atoms with E-state index < -0.39 is 0 Å². The van der Waals surface area contributed by atoms with Crippen molar-refractivity contribution in [3.05, 3.63) is 24.3 Å². The van der Waals surface area contributed by atoms with E-state index >= 15 is 0 Å². The normalized spacial score (nSPS) is 11.0. The summed E-state index contributed by atoms with van der Waals surface area (Å²) in [6.45, 7) is 0.0624. The molecule has 0 radical (unpaired) electrons. The van der Waals surface area contributed by atoms with E-state index in [4.69, 9.17) is 5.11 Å². The Hall–Kier alpha value is -1.09. The second-order valence-corrected chi connectivity index (χ2v) is 1.98. The number of aliphatic hydroxyl groups is 1. The summed E-state index contributed by atoms with van der Waals surface area (Å²) in [5, 5.41) is 8.43. The number of aliphatic hydroxyl groups excluding tert-OH is 1. The Balaban J connectivity index is 2.74. The molecule has 0 spiro atoms. The number of imidazole rings is 1. The van der Waals surface area contributed by atoms with Gasteiger partial charge in [0.25, 0.3) is 0 Å². The Morgan fingerprint density at radius 2 is 2.60 bits per heavy atom. The summed E-state index contributed by atoms with van der Waals surface area (Å²) in [4.78, 5) is 4.02. The molecule has 0 amide bonds. The zero-order valence-electron chi connectivity index (χ0n) is 5.86. The zero-order valence-corrected chi connectivity index (χ0v) is 5.86. The van der Waals surface area contributed by atoms with Gasteiger partial charge >= 0.3 is 0 Å². The largest absolute Gasteiger partial charge is 0.392 e. The van der Waals surface area contributed by atoms with E-state index in [0.29, 0.717) is 0 Å². The lowest BCUT2D eigenvalue weighted by Gasteiger charge is -1.91. The number of aryl methyl sites for hydroxylation is 1. The minimum absolute atomic E-state index is 0.0624. The maximum absolute atomic E-state index is 8.43. The molecule has 0 atom stereocenters. The molecule has 1 rings (SSSR count). The van der Waals surface area contributed by atoms with E-state index in [1.165, 1.54) is 0 Å². The molecule has 3 heteroatoms. The third-order valence-corrected chi connectivity index (χ3v) is 1.23. The molecule has 3 nitrogen and oxygen atoms in total. The van der Waals surface area contributed by atoms with Crippen LogP contribution in [0, 0.1) is 0 Å². The Bertz CT molecular complexity index is 227. The van der Waals surface area contributed by atoms with Gasteiger partial charge in [-0.1, -0.05) is 6.08 Å². The first-order valence-electron chi connectivity index (χ1n) is 3.09. The zero-order chi connectivity index (χ0) is 7.40. The SMILES string of the molecule is Cn1ccnc1C=CCO. The van der Waals surface area contributed by atoms with Crippen LogP contribution in [0.3, 0.4) is 0 Å². The molecule has 54 valence electrons. The van der Waals surface area contributed by atoms with Crippen molar-refractivity contribution in [1.82, 2.24) is 9.55 Å². The Labute approximate surface area is 59.6 Å². The monoisotopic (exact) mass is 138 g/mol. The molecule has 1 aromatic rings. The number of hydrogen-bond acceptors (Lipinski definition) is 2. The van der Waals surface area contributed by atoms with Gasteiger partial charge in [-0.25, -0.2) is 4.98 Å². The molecule has 0 bridgehead atoms. The highest BCUT2D eigenvalue weighted by atomic mass is 16.2. The van der Waals surface area contributed by atoms with E-state index in [-0.39, 0.29) is 6.61 Å². The second-order valence-electron chi connectivity index (χ2n) is 1.98. The summed E-state index contributed by atoms with van der Waals surface area (Å²) in [5.74, 6) is 0.856. The van der Waals surface area contributed by atoms with Gasteiger partial charge in [-0.15, -0.1) is 0 Å². The summed E-state index contributed by atoms with van der Waals surface area (Å²) < 4.78 is 1.88. The lowest BCUT2D eigenvalue weighted by Crippen LogP contribution is -1.89. The van der Waals surface area contributed by atoms with E-state index in [0.717, 1.165) is 5.82 Å². The molecule has 1 N–H and O–H groups in total. The maximum Gasteiger partial charge on any atom is 0.132 e. The molecule has 0 saturated carbocycles. The van der Waals surface area contributed by atoms with Crippen molar-refractivity contribution in [2.75, 3.05) is 6.61 Å². The predicted octanol–water partition coefficient (Wildman–Crippen LogP) is 0.426. The lowest BCUT2D eigenvalue weighted by molar-refractivity contribution is 0.343. The van der Waals surface area contributed by atoms with Crippen LogP contribution in [-0.4, -0.2) is 21.3 Å². The molecule has 0 aliphatic heterocycles.